The van der Waals surface area contributed by atoms with E-state index in [9.17, 15) is 4.79 Å². The first-order chi connectivity index (χ1) is 16.8. The lowest BCUT2D eigenvalue weighted by molar-refractivity contribution is 0.0696. The molecule has 6 nitrogen and oxygen atoms in total. The van der Waals surface area contributed by atoms with Gasteiger partial charge in [0.2, 0.25) is 0 Å². The Labute approximate surface area is 213 Å². The van der Waals surface area contributed by atoms with Crippen molar-refractivity contribution in [1.29, 1.82) is 0 Å². The SMILES string of the molecule is CC(C)c1onc(-c2c(Cl)cccc2Cl)c1COc1cccc(COc2cccc(C(=O)O)c2)c1. The van der Waals surface area contributed by atoms with E-state index in [2.05, 4.69) is 5.16 Å². The highest BCUT2D eigenvalue weighted by Gasteiger charge is 2.23. The minimum Gasteiger partial charge on any atom is -0.489 e. The van der Waals surface area contributed by atoms with Crippen molar-refractivity contribution in [2.45, 2.75) is 33.0 Å². The first-order valence-electron chi connectivity index (χ1n) is 10.9. The summed E-state index contributed by atoms with van der Waals surface area (Å²) in [5.41, 5.74) is 2.98. The minimum atomic E-state index is -1.00. The first kappa shape index (κ1) is 24.6. The monoisotopic (exact) mass is 511 g/mol. The Hall–Kier alpha value is -3.48. The number of aromatic nitrogens is 1. The van der Waals surface area contributed by atoms with E-state index < -0.39 is 5.97 Å². The third-order valence-electron chi connectivity index (χ3n) is 5.31. The van der Waals surface area contributed by atoms with Gasteiger partial charge in [-0.2, -0.15) is 0 Å². The molecular weight excluding hydrogens is 489 g/mol. The second-order valence-electron chi connectivity index (χ2n) is 8.18. The van der Waals surface area contributed by atoms with E-state index >= 15 is 0 Å². The summed E-state index contributed by atoms with van der Waals surface area (Å²) in [4.78, 5) is 11.2. The standard InChI is InChI=1S/C27H23Cl2NO5/c1-16(2)26-21(25(30-35-26)24-22(28)10-5-11-23(24)29)15-34-19-8-3-6-17(12-19)14-33-20-9-4-7-18(13-20)27(31)32/h3-13,16H,14-15H2,1-2H3,(H,31,32). The maximum Gasteiger partial charge on any atom is 0.335 e. The molecule has 1 N–H and O–H groups in total. The van der Waals surface area contributed by atoms with Gasteiger partial charge in [-0.3, -0.25) is 0 Å². The zero-order chi connectivity index (χ0) is 24.9. The molecule has 0 aliphatic heterocycles. The van der Waals surface area contributed by atoms with Crippen molar-refractivity contribution >= 4 is 29.2 Å². The predicted molar refractivity (Wildman–Crippen MR) is 135 cm³/mol. The summed E-state index contributed by atoms with van der Waals surface area (Å²) in [5.74, 6) is 0.894. The maximum absolute atomic E-state index is 11.2. The summed E-state index contributed by atoms with van der Waals surface area (Å²) in [5, 5.41) is 14.4. The van der Waals surface area contributed by atoms with Gasteiger partial charge >= 0.3 is 5.97 Å². The quantitative estimate of drug-likeness (QED) is 0.248. The molecule has 0 saturated carbocycles. The van der Waals surface area contributed by atoms with Crippen LogP contribution in [0.5, 0.6) is 11.5 Å². The molecule has 180 valence electrons. The molecule has 4 rings (SSSR count). The van der Waals surface area contributed by atoms with Crippen molar-refractivity contribution in [3.8, 4) is 22.8 Å². The fourth-order valence-electron chi connectivity index (χ4n) is 3.60. The number of carbonyl (C=O) groups is 1. The van der Waals surface area contributed by atoms with Crippen LogP contribution in [0.3, 0.4) is 0 Å². The van der Waals surface area contributed by atoms with Gasteiger partial charge < -0.3 is 19.1 Å². The van der Waals surface area contributed by atoms with Gasteiger partial charge in [0.15, 0.2) is 0 Å². The zero-order valence-corrected chi connectivity index (χ0v) is 20.6. The van der Waals surface area contributed by atoms with E-state index in [-0.39, 0.29) is 24.7 Å². The van der Waals surface area contributed by atoms with Crippen LogP contribution in [-0.4, -0.2) is 16.2 Å². The molecule has 0 atom stereocenters. The van der Waals surface area contributed by atoms with E-state index in [4.69, 9.17) is 42.3 Å². The summed E-state index contributed by atoms with van der Waals surface area (Å²) in [6.45, 7) is 4.49. The number of hydrogen-bond donors (Lipinski definition) is 1. The highest BCUT2D eigenvalue weighted by molar-refractivity contribution is 6.39. The average Bonchev–Trinajstić information content (AvgIpc) is 3.25. The predicted octanol–water partition coefficient (Wildman–Crippen LogP) is 7.63. The molecule has 1 aromatic heterocycles. The van der Waals surface area contributed by atoms with Crippen LogP contribution < -0.4 is 9.47 Å². The molecule has 35 heavy (non-hydrogen) atoms. The summed E-state index contributed by atoms with van der Waals surface area (Å²) < 4.78 is 17.5. The van der Waals surface area contributed by atoms with Gasteiger partial charge in [-0.25, -0.2) is 4.79 Å². The van der Waals surface area contributed by atoms with Crippen molar-refractivity contribution in [3.63, 3.8) is 0 Å². The fraction of sp³-hybridized carbons (Fsp3) is 0.185. The van der Waals surface area contributed by atoms with Gasteiger partial charge in [0.1, 0.15) is 36.2 Å². The Bertz CT molecular complexity index is 1330. The van der Waals surface area contributed by atoms with Crippen molar-refractivity contribution in [3.05, 3.63) is 99.2 Å². The van der Waals surface area contributed by atoms with Crippen LogP contribution in [0.1, 0.15) is 47.0 Å². The van der Waals surface area contributed by atoms with Crippen molar-refractivity contribution in [2.75, 3.05) is 0 Å². The van der Waals surface area contributed by atoms with Gasteiger partial charge in [-0.1, -0.05) is 66.5 Å². The van der Waals surface area contributed by atoms with E-state index in [1.54, 1.807) is 30.3 Å². The average molecular weight is 512 g/mol. The largest absolute Gasteiger partial charge is 0.489 e. The van der Waals surface area contributed by atoms with E-state index in [1.807, 2.05) is 38.1 Å². The molecule has 1 heterocycles. The number of rotatable bonds is 9. The molecule has 0 spiro atoms. The number of aromatic carboxylic acids is 1. The van der Waals surface area contributed by atoms with Gasteiger partial charge in [0.05, 0.1) is 21.2 Å². The Morgan fingerprint density at radius 2 is 1.57 bits per heavy atom. The van der Waals surface area contributed by atoms with Crippen LogP contribution in [0.4, 0.5) is 0 Å². The third kappa shape index (κ3) is 5.78. The van der Waals surface area contributed by atoms with Crippen LogP contribution >= 0.6 is 23.2 Å². The number of carboxylic acid groups (broad SMARTS) is 1. The maximum atomic E-state index is 11.2. The molecular formula is C27H23Cl2NO5. The Morgan fingerprint density at radius 3 is 2.26 bits per heavy atom. The lowest BCUT2D eigenvalue weighted by atomic mass is 10.0. The topological polar surface area (TPSA) is 81.8 Å². The summed E-state index contributed by atoms with van der Waals surface area (Å²) in [6, 6.07) is 19.1. The third-order valence-corrected chi connectivity index (χ3v) is 5.94. The van der Waals surface area contributed by atoms with Crippen LogP contribution in [0, 0.1) is 0 Å². The Morgan fingerprint density at radius 1 is 0.943 bits per heavy atom. The number of benzene rings is 3. The number of nitrogens with zero attached hydrogens (tertiary/aromatic N) is 1. The van der Waals surface area contributed by atoms with Gasteiger partial charge in [-0.05, 0) is 48.0 Å². The van der Waals surface area contributed by atoms with E-state index in [0.717, 1.165) is 11.1 Å². The number of halogens is 2. The molecule has 0 unspecified atom stereocenters. The van der Waals surface area contributed by atoms with Crippen LogP contribution in [-0.2, 0) is 13.2 Å². The molecule has 8 heteroatoms. The fourth-order valence-corrected chi connectivity index (χ4v) is 4.18. The first-order valence-corrected chi connectivity index (χ1v) is 11.7. The summed E-state index contributed by atoms with van der Waals surface area (Å²) in [6.07, 6.45) is 0. The Balaban J connectivity index is 1.52. The van der Waals surface area contributed by atoms with Gasteiger partial charge in [0, 0.05) is 11.5 Å². The van der Waals surface area contributed by atoms with Crippen LogP contribution in [0.15, 0.2) is 71.3 Å². The molecule has 0 saturated heterocycles. The molecule has 0 bridgehead atoms. The lowest BCUT2D eigenvalue weighted by Crippen LogP contribution is -2.02. The molecule has 0 aliphatic rings. The second kappa shape index (κ2) is 10.8. The molecule has 3 aromatic carbocycles. The normalized spacial score (nSPS) is 11.0. The number of ether oxygens (including phenoxy) is 2. The highest BCUT2D eigenvalue weighted by Crippen LogP contribution is 2.38. The lowest BCUT2D eigenvalue weighted by Gasteiger charge is -2.12. The number of carboxylic acids is 1. The van der Waals surface area contributed by atoms with Crippen LogP contribution in [0.25, 0.3) is 11.3 Å². The molecule has 0 aliphatic carbocycles. The minimum absolute atomic E-state index is 0.0809. The second-order valence-corrected chi connectivity index (χ2v) is 9.00. The summed E-state index contributed by atoms with van der Waals surface area (Å²) in [7, 11) is 0. The van der Waals surface area contributed by atoms with Gasteiger partial charge in [0.25, 0.3) is 0 Å². The van der Waals surface area contributed by atoms with Crippen molar-refractivity contribution < 1.29 is 23.9 Å². The zero-order valence-electron chi connectivity index (χ0n) is 19.1. The van der Waals surface area contributed by atoms with E-state index in [1.165, 1.54) is 12.1 Å². The molecule has 0 fully saturated rings. The smallest absolute Gasteiger partial charge is 0.335 e. The van der Waals surface area contributed by atoms with Crippen LogP contribution in [0.2, 0.25) is 10.0 Å². The Kier molecular flexibility index (Phi) is 7.63. The van der Waals surface area contributed by atoms with Crippen molar-refractivity contribution in [2.24, 2.45) is 0 Å². The van der Waals surface area contributed by atoms with Crippen molar-refractivity contribution in [1.82, 2.24) is 5.16 Å². The van der Waals surface area contributed by atoms with Gasteiger partial charge in [-0.15, -0.1) is 0 Å². The molecule has 0 amide bonds. The molecule has 0 radical (unpaired) electrons. The molecule has 4 aromatic rings. The van der Waals surface area contributed by atoms with E-state index in [0.29, 0.717) is 38.6 Å². The summed E-state index contributed by atoms with van der Waals surface area (Å²) >= 11 is 12.8. The number of hydrogen-bond acceptors (Lipinski definition) is 5. The highest BCUT2D eigenvalue weighted by atomic mass is 35.5.